The smallest absolute Gasteiger partial charge is 0.384 e. The summed E-state index contributed by atoms with van der Waals surface area (Å²) in [4.78, 5) is 22.8. The van der Waals surface area contributed by atoms with E-state index in [-0.39, 0.29) is 12.8 Å². The molecular formula is C25H32F12O5. The van der Waals surface area contributed by atoms with Crippen LogP contribution in [-0.2, 0) is 19.1 Å². The van der Waals surface area contributed by atoms with Crippen LogP contribution in [0.15, 0.2) is 24.8 Å². The Hall–Kier alpha value is -2.46. The average molecular weight is 641 g/mol. The molecule has 0 bridgehead atoms. The summed E-state index contributed by atoms with van der Waals surface area (Å²) >= 11 is 0. The van der Waals surface area contributed by atoms with Crippen LogP contribution in [0.3, 0.4) is 0 Å². The number of halogens is 12. The van der Waals surface area contributed by atoms with E-state index >= 15 is 0 Å². The summed E-state index contributed by atoms with van der Waals surface area (Å²) in [6.45, 7) is 4.76. The minimum absolute atomic E-state index is 0.193. The standard InChI is InChI=1S/C25H32F12O5/c1-4-6-7-8-9-11-20(26,27)22(30,31)24(34,35)25(36,37)23(32,33)21(28,29)12-10-17(14-41-18(39)5-2)15-42-19(40)16(3)13-38/h5,17,38H,2-4,6-15H2,1H3. The zero-order valence-electron chi connectivity index (χ0n) is 22.5. The summed E-state index contributed by atoms with van der Waals surface area (Å²) in [6.07, 6.45) is -5.34. The van der Waals surface area contributed by atoms with Gasteiger partial charge < -0.3 is 14.6 Å². The quantitative estimate of drug-likeness (QED) is 0.0614. The van der Waals surface area contributed by atoms with Gasteiger partial charge in [0.2, 0.25) is 0 Å². The van der Waals surface area contributed by atoms with Crippen LogP contribution in [0.1, 0.15) is 58.3 Å². The molecule has 0 aromatic heterocycles. The number of ether oxygens (including phenoxy) is 2. The molecule has 0 amide bonds. The van der Waals surface area contributed by atoms with Crippen LogP contribution in [0.5, 0.6) is 0 Å². The molecule has 0 aromatic carbocycles. The fourth-order valence-corrected chi connectivity index (χ4v) is 3.34. The van der Waals surface area contributed by atoms with Gasteiger partial charge in [-0.2, -0.15) is 52.7 Å². The number of rotatable bonds is 21. The van der Waals surface area contributed by atoms with Gasteiger partial charge in [-0.3, -0.25) is 0 Å². The van der Waals surface area contributed by atoms with Gasteiger partial charge in [-0.1, -0.05) is 45.8 Å². The van der Waals surface area contributed by atoms with E-state index in [4.69, 9.17) is 5.11 Å². The Bertz CT molecular complexity index is 921. The van der Waals surface area contributed by atoms with Gasteiger partial charge in [0.25, 0.3) is 0 Å². The Morgan fingerprint density at radius 3 is 1.64 bits per heavy atom. The van der Waals surface area contributed by atoms with Crippen molar-refractivity contribution in [3.05, 3.63) is 24.8 Å². The maximum Gasteiger partial charge on any atom is 0.384 e. The van der Waals surface area contributed by atoms with Crippen LogP contribution in [-0.4, -0.2) is 72.4 Å². The number of unbranched alkanes of at least 4 members (excludes halogenated alkanes) is 4. The second-order valence-electron chi connectivity index (χ2n) is 9.47. The molecule has 17 heteroatoms. The molecule has 0 aliphatic carbocycles. The van der Waals surface area contributed by atoms with Crippen molar-refractivity contribution in [3.8, 4) is 0 Å². The molecule has 0 heterocycles. The first-order valence-electron chi connectivity index (χ1n) is 12.5. The number of aliphatic hydroxyl groups excluding tert-OH is 1. The third-order valence-corrected chi connectivity index (χ3v) is 6.12. The summed E-state index contributed by atoms with van der Waals surface area (Å²) in [6, 6.07) is 0. The molecule has 0 fully saturated rings. The van der Waals surface area contributed by atoms with Gasteiger partial charge >= 0.3 is 47.5 Å². The Labute approximate surface area is 233 Å². The zero-order valence-corrected chi connectivity index (χ0v) is 22.5. The van der Waals surface area contributed by atoms with Crippen molar-refractivity contribution in [2.45, 2.75) is 93.8 Å². The Kier molecular flexibility index (Phi) is 14.4. The average Bonchev–Trinajstić information content (AvgIpc) is 2.90. The largest absolute Gasteiger partial charge is 0.462 e. The second-order valence-corrected chi connectivity index (χ2v) is 9.47. The van der Waals surface area contributed by atoms with Crippen LogP contribution in [0, 0.1) is 5.92 Å². The molecule has 1 atom stereocenters. The van der Waals surface area contributed by atoms with Crippen molar-refractivity contribution in [2.24, 2.45) is 5.92 Å². The van der Waals surface area contributed by atoms with Gasteiger partial charge in [0.15, 0.2) is 0 Å². The van der Waals surface area contributed by atoms with E-state index in [2.05, 4.69) is 22.6 Å². The van der Waals surface area contributed by atoms with E-state index in [1.54, 1.807) is 6.92 Å². The van der Waals surface area contributed by atoms with Crippen LogP contribution < -0.4 is 0 Å². The van der Waals surface area contributed by atoms with Gasteiger partial charge in [-0.05, 0) is 12.8 Å². The highest BCUT2D eigenvalue weighted by atomic mass is 19.4. The van der Waals surface area contributed by atoms with E-state index in [9.17, 15) is 62.3 Å². The molecule has 0 saturated heterocycles. The van der Waals surface area contributed by atoms with Crippen LogP contribution in [0.2, 0.25) is 0 Å². The van der Waals surface area contributed by atoms with E-state index in [1.807, 2.05) is 0 Å². The predicted molar refractivity (Wildman–Crippen MR) is 124 cm³/mol. The minimum atomic E-state index is -7.70. The maximum absolute atomic E-state index is 14.4. The molecule has 0 radical (unpaired) electrons. The summed E-state index contributed by atoms with van der Waals surface area (Å²) in [5, 5.41) is 8.81. The molecule has 246 valence electrons. The first kappa shape index (κ1) is 39.5. The van der Waals surface area contributed by atoms with Crippen LogP contribution >= 0.6 is 0 Å². The molecule has 0 aromatic rings. The van der Waals surface area contributed by atoms with Gasteiger partial charge in [0, 0.05) is 24.8 Å². The molecule has 0 rings (SSSR count). The molecule has 0 spiro atoms. The lowest BCUT2D eigenvalue weighted by molar-refractivity contribution is -0.426. The lowest BCUT2D eigenvalue weighted by Crippen LogP contribution is -2.70. The topological polar surface area (TPSA) is 72.8 Å². The fourth-order valence-electron chi connectivity index (χ4n) is 3.34. The molecule has 42 heavy (non-hydrogen) atoms. The van der Waals surface area contributed by atoms with E-state index in [0.29, 0.717) is 18.9 Å². The highest BCUT2D eigenvalue weighted by molar-refractivity contribution is 5.87. The van der Waals surface area contributed by atoms with Crippen molar-refractivity contribution in [1.29, 1.82) is 0 Å². The van der Waals surface area contributed by atoms with Crippen LogP contribution in [0.25, 0.3) is 0 Å². The number of hydrogen-bond donors (Lipinski definition) is 1. The third kappa shape index (κ3) is 9.02. The van der Waals surface area contributed by atoms with Gasteiger partial charge in [0.1, 0.15) is 0 Å². The third-order valence-electron chi connectivity index (χ3n) is 6.12. The Morgan fingerprint density at radius 2 is 1.19 bits per heavy atom. The number of esters is 2. The zero-order chi connectivity index (χ0) is 33.2. The lowest BCUT2D eigenvalue weighted by atomic mass is 9.87. The summed E-state index contributed by atoms with van der Waals surface area (Å²) < 4.78 is 179. The number of hydrogen-bond acceptors (Lipinski definition) is 5. The normalized spacial score (nSPS) is 14.3. The monoisotopic (exact) mass is 640 g/mol. The second kappa shape index (κ2) is 15.3. The molecule has 0 aliphatic rings. The molecule has 0 saturated carbocycles. The van der Waals surface area contributed by atoms with Crippen molar-refractivity contribution in [3.63, 3.8) is 0 Å². The number of aliphatic hydroxyl groups is 1. The van der Waals surface area contributed by atoms with Gasteiger partial charge in [-0.25, -0.2) is 9.59 Å². The molecule has 5 nitrogen and oxygen atoms in total. The van der Waals surface area contributed by atoms with Crippen molar-refractivity contribution in [1.82, 2.24) is 0 Å². The Morgan fingerprint density at radius 1 is 0.738 bits per heavy atom. The van der Waals surface area contributed by atoms with Crippen molar-refractivity contribution in [2.75, 3.05) is 19.8 Å². The Balaban J connectivity index is 5.97. The van der Waals surface area contributed by atoms with Crippen molar-refractivity contribution < 1.29 is 76.9 Å². The highest BCUT2D eigenvalue weighted by Gasteiger charge is 2.89. The van der Waals surface area contributed by atoms with Crippen molar-refractivity contribution >= 4 is 11.9 Å². The number of carbonyl (C=O) groups is 2. The van der Waals surface area contributed by atoms with E-state index in [0.717, 1.165) is 0 Å². The first-order chi connectivity index (χ1) is 19.0. The lowest BCUT2D eigenvalue weighted by Gasteiger charge is -2.41. The molecular weight excluding hydrogens is 608 g/mol. The molecule has 1 N–H and O–H groups in total. The summed E-state index contributed by atoms with van der Waals surface area (Å²) in [5.41, 5.74) is -0.575. The SMILES string of the molecule is C=CC(=O)OCC(CCC(F)(F)C(F)(F)C(F)(F)C(F)(F)C(F)(F)C(F)(F)CCCCCCC)COC(=O)C(=C)CO. The van der Waals surface area contributed by atoms with Gasteiger partial charge in [0.05, 0.1) is 25.4 Å². The summed E-state index contributed by atoms with van der Waals surface area (Å²) in [5.74, 6) is -46.3. The number of alkyl halides is 12. The highest BCUT2D eigenvalue weighted by Crippen LogP contribution is 2.61. The fraction of sp³-hybridized carbons (Fsp3) is 0.760. The first-order valence-corrected chi connectivity index (χ1v) is 12.5. The predicted octanol–water partition coefficient (Wildman–Crippen LogP) is 7.38. The molecule has 1 unspecified atom stereocenters. The van der Waals surface area contributed by atoms with Crippen LogP contribution in [0.4, 0.5) is 52.7 Å². The van der Waals surface area contributed by atoms with E-state index in [1.165, 1.54) is 0 Å². The van der Waals surface area contributed by atoms with Gasteiger partial charge in [-0.15, -0.1) is 0 Å². The van der Waals surface area contributed by atoms with E-state index < -0.39 is 104 Å². The summed E-state index contributed by atoms with van der Waals surface area (Å²) in [7, 11) is 0. The molecule has 0 aliphatic heterocycles. The maximum atomic E-state index is 14.4. The minimum Gasteiger partial charge on any atom is -0.462 e. The number of carbonyl (C=O) groups excluding carboxylic acids is 2.